The second-order valence-corrected chi connectivity index (χ2v) is 4.59. The number of rotatable bonds is 3. The van der Waals surface area contributed by atoms with Crippen molar-refractivity contribution in [3.05, 3.63) is 5.89 Å². The van der Waals surface area contributed by atoms with Gasteiger partial charge in [0, 0.05) is 6.61 Å². The molecule has 18 heavy (non-hydrogen) atoms. The van der Waals surface area contributed by atoms with Crippen LogP contribution >= 0.6 is 0 Å². The summed E-state index contributed by atoms with van der Waals surface area (Å²) in [6.45, 7) is 1.60. The highest BCUT2D eigenvalue weighted by Crippen LogP contribution is 2.23. The maximum Gasteiger partial charge on any atom is 0.322 e. The molecule has 98 valence electrons. The molecule has 0 radical (unpaired) electrons. The Hall–Kier alpha value is -1.47. The molecular weight excluding hydrogens is 236 g/mol. The average molecular weight is 252 g/mol. The van der Waals surface area contributed by atoms with Gasteiger partial charge in [-0.3, -0.25) is 10.1 Å². The highest BCUT2D eigenvalue weighted by molar-refractivity contribution is 5.92. The van der Waals surface area contributed by atoms with Gasteiger partial charge >= 0.3 is 6.01 Å². The van der Waals surface area contributed by atoms with Gasteiger partial charge in [0.1, 0.15) is 6.10 Å². The van der Waals surface area contributed by atoms with E-state index in [-0.39, 0.29) is 24.1 Å². The third-order valence-corrected chi connectivity index (χ3v) is 3.25. The second kappa shape index (κ2) is 5.03. The van der Waals surface area contributed by atoms with E-state index in [2.05, 4.69) is 20.8 Å². The van der Waals surface area contributed by atoms with Gasteiger partial charge in [-0.15, -0.1) is 5.10 Å². The predicted octanol–water partition coefficient (Wildman–Crippen LogP) is 0.612. The normalized spacial score (nSPS) is 27.6. The molecular formula is C11H16N4O3. The van der Waals surface area contributed by atoms with Crippen LogP contribution in [0.15, 0.2) is 4.42 Å². The number of hydrogen-bond donors (Lipinski definition) is 2. The molecule has 0 spiro atoms. The van der Waals surface area contributed by atoms with Crippen LogP contribution in [-0.2, 0) is 9.53 Å². The third-order valence-electron chi connectivity index (χ3n) is 3.25. The average Bonchev–Trinajstić information content (AvgIpc) is 3.12. The van der Waals surface area contributed by atoms with Crippen LogP contribution in [0.3, 0.4) is 0 Å². The van der Waals surface area contributed by atoms with Crippen LogP contribution in [0.5, 0.6) is 0 Å². The largest absolute Gasteiger partial charge is 0.406 e. The molecule has 2 N–H and O–H groups in total. The van der Waals surface area contributed by atoms with Gasteiger partial charge in [-0.1, -0.05) is 5.10 Å². The lowest BCUT2D eigenvalue weighted by Crippen LogP contribution is -2.26. The van der Waals surface area contributed by atoms with E-state index in [1.54, 1.807) is 0 Å². The van der Waals surface area contributed by atoms with Gasteiger partial charge in [0.15, 0.2) is 0 Å². The number of hydrogen-bond acceptors (Lipinski definition) is 6. The minimum absolute atomic E-state index is 0.117. The maximum atomic E-state index is 11.8. The molecule has 0 aliphatic carbocycles. The molecule has 3 rings (SSSR count). The molecule has 0 saturated carbocycles. The Balaban J connectivity index is 1.60. The van der Waals surface area contributed by atoms with Crippen molar-refractivity contribution in [2.45, 2.75) is 37.8 Å². The highest BCUT2D eigenvalue weighted by Gasteiger charge is 2.26. The molecule has 1 amide bonds. The number of nitrogens with one attached hydrogen (secondary N) is 2. The molecule has 7 nitrogen and oxygen atoms in total. The number of carbonyl (C=O) groups excluding carboxylic acids is 1. The van der Waals surface area contributed by atoms with Crippen molar-refractivity contribution in [3.8, 4) is 0 Å². The van der Waals surface area contributed by atoms with Gasteiger partial charge in [0.05, 0.1) is 6.04 Å². The Morgan fingerprint density at radius 3 is 3.00 bits per heavy atom. The van der Waals surface area contributed by atoms with Gasteiger partial charge in [0.25, 0.3) is 5.91 Å². The Labute approximate surface area is 104 Å². The zero-order valence-corrected chi connectivity index (χ0v) is 10.0. The number of nitrogens with zero attached hydrogens (tertiary/aromatic N) is 2. The van der Waals surface area contributed by atoms with Gasteiger partial charge in [-0.2, -0.15) is 0 Å². The van der Waals surface area contributed by atoms with Crippen molar-refractivity contribution in [1.29, 1.82) is 0 Å². The molecule has 2 fully saturated rings. The molecule has 2 saturated heterocycles. The van der Waals surface area contributed by atoms with E-state index in [1.165, 1.54) is 0 Å². The van der Waals surface area contributed by atoms with E-state index in [1.807, 2.05) is 0 Å². The summed E-state index contributed by atoms with van der Waals surface area (Å²) >= 11 is 0. The topological polar surface area (TPSA) is 89.3 Å². The van der Waals surface area contributed by atoms with E-state index in [9.17, 15) is 4.79 Å². The summed E-state index contributed by atoms with van der Waals surface area (Å²) in [5, 5.41) is 13.6. The van der Waals surface area contributed by atoms with Crippen LogP contribution in [0.4, 0.5) is 6.01 Å². The maximum absolute atomic E-state index is 11.8. The van der Waals surface area contributed by atoms with Crippen molar-refractivity contribution in [3.63, 3.8) is 0 Å². The summed E-state index contributed by atoms with van der Waals surface area (Å²) in [6, 6.07) is 0.269. The molecule has 2 aliphatic rings. The third kappa shape index (κ3) is 2.37. The van der Waals surface area contributed by atoms with Gasteiger partial charge < -0.3 is 14.5 Å². The van der Waals surface area contributed by atoms with Crippen LogP contribution in [-0.4, -0.2) is 35.4 Å². The fraction of sp³-hybridized carbons (Fsp3) is 0.727. The Morgan fingerprint density at radius 1 is 1.33 bits per heavy atom. The zero-order valence-electron chi connectivity index (χ0n) is 10.0. The lowest BCUT2D eigenvalue weighted by molar-refractivity contribution is -0.124. The van der Waals surface area contributed by atoms with Gasteiger partial charge in [0.2, 0.25) is 5.89 Å². The zero-order chi connectivity index (χ0) is 12.4. The number of amides is 1. The summed E-state index contributed by atoms with van der Waals surface area (Å²) in [7, 11) is 0. The van der Waals surface area contributed by atoms with Gasteiger partial charge in [-0.05, 0) is 32.2 Å². The van der Waals surface area contributed by atoms with Crippen LogP contribution in [0, 0.1) is 0 Å². The highest BCUT2D eigenvalue weighted by atomic mass is 16.5. The van der Waals surface area contributed by atoms with Crippen molar-refractivity contribution in [2.24, 2.45) is 0 Å². The first-order valence-electron chi connectivity index (χ1n) is 6.32. The van der Waals surface area contributed by atoms with Crippen molar-refractivity contribution in [1.82, 2.24) is 15.5 Å². The second-order valence-electron chi connectivity index (χ2n) is 4.59. The smallest absolute Gasteiger partial charge is 0.322 e. The first-order valence-corrected chi connectivity index (χ1v) is 6.32. The lowest BCUT2D eigenvalue weighted by atomic mass is 10.2. The van der Waals surface area contributed by atoms with E-state index < -0.39 is 0 Å². The SMILES string of the molecule is O=C(Nc1nnc(C2CCCN2)o1)C1CCCO1. The molecule has 2 unspecified atom stereocenters. The minimum Gasteiger partial charge on any atom is -0.406 e. The Bertz CT molecular complexity index is 422. The van der Waals surface area contributed by atoms with Crippen LogP contribution < -0.4 is 10.6 Å². The van der Waals surface area contributed by atoms with Gasteiger partial charge in [-0.25, -0.2) is 0 Å². The molecule has 2 aliphatic heterocycles. The summed E-state index contributed by atoms with van der Waals surface area (Å²) in [5.74, 6) is 0.331. The molecule has 7 heteroatoms. The fourth-order valence-corrected chi connectivity index (χ4v) is 2.29. The minimum atomic E-state index is -0.384. The van der Waals surface area contributed by atoms with E-state index in [0.717, 1.165) is 32.2 Å². The Kier molecular flexibility index (Phi) is 3.24. The standard InChI is InChI=1S/C11H16N4O3/c16-9(8-4-2-6-17-8)13-11-15-14-10(18-11)7-3-1-5-12-7/h7-8,12H,1-6H2,(H,13,15,16). The van der Waals surface area contributed by atoms with Crippen molar-refractivity contribution in [2.75, 3.05) is 18.5 Å². The molecule has 3 heterocycles. The lowest BCUT2D eigenvalue weighted by Gasteiger charge is -2.07. The monoisotopic (exact) mass is 252 g/mol. The first-order chi connectivity index (χ1) is 8.83. The van der Waals surface area contributed by atoms with E-state index in [4.69, 9.17) is 9.15 Å². The van der Waals surface area contributed by atoms with Crippen LogP contribution in [0.1, 0.15) is 37.6 Å². The number of aromatic nitrogens is 2. The summed E-state index contributed by atoms with van der Waals surface area (Å²) < 4.78 is 10.7. The summed E-state index contributed by atoms with van der Waals surface area (Å²) in [6.07, 6.45) is 3.37. The molecule has 2 atom stereocenters. The fourth-order valence-electron chi connectivity index (χ4n) is 2.29. The van der Waals surface area contributed by atoms with E-state index >= 15 is 0 Å². The molecule has 0 bridgehead atoms. The number of anilines is 1. The summed E-state index contributed by atoms with van der Waals surface area (Å²) in [4.78, 5) is 11.8. The summed E-state index contributed by atoms with van der Waals surface area (Å²) in [5.41, 5.74) is 0. The molecule has 0 aromatic carbocycles. The quantitative estimate of drug-likeness (QED) is 0.819. The molecule has 1 aromatic rings. The van der Waals surface area contributed by atoms with E-state index in [0.29, 0.717) is 12.5 Å². The molecule has 1 aromatic heterocycles. The van der Waals surface area contributed by atoms with Crippen molar-refractivity contribution < 1.29 is 13.9 Å². The first kappa shape index (κ1) is 11.6. The Morgan fingerprint density at radius 2 is 2.28 bits per heavy atom. The predicted molar refractivity (Wildman–Crippen MR) is 61.9 cm³/mol. The van der Waals surface area contributed by atoms with Crippen molar-refractivity contribution >= 4 is 11.9 Å². The van der Waals surface area contributed by atoms with Crippen LogP contribution in [0.2, 0.25) is 0 Å². The number of carbonyl (C=O) groups is 1. The van der Waals surface area contributed by atoms with Crippen LogP contribution in [0.25, 0.3) is 0 Å². The number of ether oxygens (including phenoxy) is 1.